The van der Waals surface area contributed by atoms with Crippen LogP contribution in [0.4, 0.5) is 11.4 Å². The topological polar surface area (TPSA) is 6.48 Å². The molecule has 4 aromatic rings. The standard InChI is InChI=1S/C36H32N2/c1-27-13-17-33(18-14-27)37-23-21-31(29-9-5-3-6-10-29)25-35(37)36-26-32(30-11-7-4-8-12-30)22-24-38(36)34-19-15-28(2)16-20-34/h3-26,35-36H,1-2H3/t35-,36+. The van der Waals surface area contributed by atoms with E-state index in [2.05, 4.69) is 170 Å². The van der Waals surface area contributed by atoms with Gasteiger partial charge in [-0.25, -0.2) is 0 Å². The fraction of sp³-hybridized carbons (Fsp3) is 0.111. The number of nitrogens with zero attached hydrogens (tertiary/aromatic N) is 2. The van der Waals surface area contributed by atoms with E-state index in [0.29, 0.717) is 0 Å². The smallest absolute Gasteiger partial charge is 0.0769 e. The highest BCUT2D eigenvalue weighted by Gasteiger charge is 2.32. The molecule has 0 saturated carbocycles. The van der Waals surface area contributed by atoms with Gasteiger partial charge < -0.3 is 9.80 Å². The number of aryl methyl sites for hydroxylation is 2. The van der Waals surface area contributed by atoms with Gasteiger partial charge in [-0.3, -0.25) is 0 Å². The Kier molecular flexibility index (Phi) is 6.54. The van der Waals surface area contributed by atoms with Crippen molar-refractivity contribution in [2.75, 3.05) is 9.80 Å². The lowest BCUT2D eigenvalue weighted by Gasteiger charge is -2.42. The number of benzene rings is 4. The van der Waals surface area contributed by atoms with Gasteiger partial charge in [-0.15, -0.1) is 0 Å². The van der Waals surface area contributed by atoms with E-state index in [9.17, 15) is 0 Å². The lowest BCUT2D eigenvalue weighted by molar-refractivity contribution is 0.654. The first-order valence-electron chi connectivity index (χ1n) is 13.3. The van der Waals surface area contributed by atoms with E-state index in [0.717, 1.165) is 0 Å². The van der Waals surface area contributed by atoms with Gasteiger partial charge in [-0.05, 0) is 72.5 Å². The average Bonchev–Trinajstić information content (AvgIpc) is 2.98. The van der Waals surface area contributed by atoms with Gasteiger partial charge in [-0.1, -0.05) is 108 Å². The molecule has 0 amide bonds. The van der Waals surface area contributed by atoms with Crippen molar-refractivity contribution < 1.29 is 0 Å². The third kappa shape index (κ3) is 4.86. The van der Waals surface area contributed by atoms with Crippen molar-refractivity contribution >= 4 is 22.5 Å². The molecule has 0 radical (unpaired) electrons. The second-order valence-corrected chi connectivity index (χ2v) is 10.1. The Balaban J connectivity index is 1.49. The largest absolute Gasteiger partial charge is 0.339 e. The van der Waals surface area contributed by atoms with E-state index in [1.165, 1.54) is 44.8 Å². The Morgan fingerprint density at radius 2 is 0.816 bits per heavy atom. The first-order valence-corrected chi connectivity index (χ1v) is 13.3. The molecule has 2 heterocycles. The first kappa shape index (κ1) is 23.8. The Morgan fingerprint density at radius 1 is 0.447 bits per heavy atom. The second-order valence-electron chi connectivity index (χ2n) is 10.1. The normalized spacial score (nSPS) is 18.8. The van der Waals surface area contributed by atoms with E-state index in [1.807, 2.05) is 0 Å². The number of allylic oxidation sites excluding steroid dienone is 4. The number of hydrogen-bond donors (Lipinski definition) is 0. The van der Waals surface area contributed by atoms with Crippen LogP contribution >= 0.6 is 0 Å². The molecule has 0 aromatic heterocycles. The molecule has 186 valence electrons. The van der Waals surface area contributed by atoms with Gasteiger partial charge in [0.2, 0.25) is 0 Å². The summed E-state index contributed by atoms with van der Waals surface area (Å²) >= 11 is 0. The van der Waals surface area contributed by atoms with Crippen molar-refractivity contribution in [3.05, 3.63) is 168 Å². The zero-order valence-corrected chi connectivity index (χ0v) is 21.9. The predicted molar refractivity (Wildman–Crippen MR) is 162 cm³/mol. The summed E-state index contributed by atoms with van der Waals surface area (Å²) in [6.45, 7) is 4.28. The minimum absolute atomic E-state index is 0.0721. The van der Waals surface area contributed by atoms with Crippen molar-refractivity contribution in [3.8, 4) is 0 Å². The Bertz CT molecular complexity index is 1390. The molecular weight excluding hydrogens is 460 g/mol. The van der Waals surface area contributed by atoms with Gasteiger partial charge in [0.1, 0.15) is 0 Å². The summed E-state index contributed by atoms with van der Waals surface area (Å²) in [6.07, 6.45) is 13.8. The monoisotopic (exact) mass is 492 g/mol. The molecule has 6 rings (SSSR count). The summed E-state index contributed by atoms with van der Waals surface area (Å²) in [6, 6.07) is 39.2. The van der Waals surface area contributed by atoms with Crippen molar-refractivity contribution in [3.63, 3.8) is 0 Å². The lowest BCUT2D eigenvalue weighted by Crippen LogP contribution is -2.49. The molecule has 0 unspecified atom stereocenters. The third-order valence-corrected chi connectivity index (χ3v) is 7.40. The Hall–Kier alpha value is -4.56. The van der Waals surface area contributed by atoms with E-state index >= 15 is 0 Å². The number of rotatable bonds is 5. The van der Waals surface area contributed by atoms with E-state index in [1.54, 1.807) is 0 Å². The quantitative estimate of drug-likeness (QED) is 0.275. The molecule has 2 atom stereocenters. The molecule has 2 aliphatic heterocycles. The van der Waals surface area contributed by atoms with Crippen LogP contribution in [0, 0.1) is 13.8 Å². The van der Waals surface area contributed by atoms with E-state index < -0.39 is 0 Å². The second kappa shape index (κ2) is 10.4. The van der Waals surface area contributed by atoms with Crippen LogP contribution in [0.1, 0.15) is 22.3 Å². The van der Waals surface area contributed by atoms with Crippen LogP contribution in [0.3, 0.4) is 0 Å². The van der Waals surface area contributed by atoms with Gasteiger partial charge >= 0.3 is 0 Å². The minimum atomic E-state index is 0.0721. The summed E-state index contributed by atoms with van der Waals surface area (Å²) in [5, 5.41) is 0. The van der Waals surface area contributed by atoms with Crippen LogP contribution in [0.5, 0.6) is 0 Å². The predicted octanol–water partition coefficient (Wildman–Crippen LogP) is 8.58. The van der Waals surface area contributed by atoms with Gasteiger partial charge in [0, 0.05) is 23.8 Å². The van der Waals surface area contributed by atoms with Crippen LogP contribution in [0.25, 0.3) is 11.1 Å². The SMILES string of the molecule is Cc1ccc(N2C=CC(c3ccccc3)=C[C@@H]2[C@@H]2C=C(c3ccccc3)C=CN2c2ccc(C)cc2)cc1. The highest BCUT2D eigenvalue weighted by molar-refractivity contribution is 5.81. The third-order valence-electron chi connectivity index (χ3n) is 7.40. The number of hydrogen-bond acceptors (Lipinski definition) is 2. The lowest BCUT2D eigenvalue weighted by atomic mass is 9.90. The van der Waals surface area contributed by atoms with Crippen LogP contribution in [-0.2, 0) is 0 Å². The van der Waals surface area contributed by atoms with Crippen LogP contribution in [0.15, 0.2) is 146 Å². The summed E-state index contributed by atoms with van der Waals surface area (Å²) in [5.41, 5.74) is 9.86. The maximum Gasteiger partial charge on any atom is 0.0769 e. The summed E-state index contributed by atoms with van der Waals surface area (Å²) < 4.78 is 0. The zero-order chi connectivity index (χ0) is 25.9. The fourth-order valence-electron chi connectivity index (χ4n) is 5.28. The molecule has 4 aromatic carbocycles. The highest BCUT2D eigenvalue weighted by Crippen LogP contribution is 2.36. The molecule has 0 N–H and O–H groups in total. The van der Waals surface area contributed by atoms with Crippen LogP contribution in [-0.4, -0.2) is 12.1 Å². The minimum Gasteiger partial charge on any atom is -0.339 e. The summed E-state index contributed by atoms with van der Waals surface area (Å²) in [5.74, 6) is 0. The molecule has 0 saturated heterocycles. The highest BCUT2D eigenvalue weighted by atomic mass is 15.2. The van der Waals surface area contributed by atoms with E-state index in [4.69, 9.17) is 0 Å². The molecule has 0 bridgehead atoms. The van der Waals surface area contributed by atoms with Crippen molar-refractivity contribution in [2.45, 2.75) is 25.9 Å². The van der Waals surface area contributed by atoms with Gasteiger partial charge in [0.25, 0.3) is 0 Å². The van der Waals surface area contributed by atoms with Crippen molar-refractivity contribution in [1.29, 1.82) is 0 Å². The molecule has 0 spiro atoms. The Morgan fingerprint density at radius 3 is 1.18 bits per heavy atom. The van der Waals surface area contributed by atoms with Gasteiger partial charge in [-0.2, -0.15) is 0 Å². The molecule has 0 fully saturated rings. The average molecular weight is 493 g/mol. The summed E-state index contributed by atoms with van der Waals surface area (Å²) in [7, 11) is 0. The maximum absolute atomic E-state index is 2.43. The zero-order valence-electron chi connectivity index (χ0n) is 21.9. The van der Waals surface area contributed by atoms with Crippen LogP contribution < -0.4 is 9.80 Å². The Labute approximate surface area is 226 Å². The van der Waals surface area contributed by atoms with Crippen molar-refractivity contribution in [1.82, 2.24) is 0 Å². The molecule has 0 aliphatic carbocycles. The molecule has 2 nitrogen and oxygen atoms in total. The molecule has 2 heteroatoms. The molecule has 2 aliphatic rings. The fourth-order valence-corrected chi connectivity index (χ4v) is 5.28. The molecule has 38 heavy (non-hydrogen) atoms. The van der Waals surface area contributed by atoms with Gasteiger partial charge in [0.05, 0.1) is 12.1 Å². The first-order chi connectivity index (χ1) is 18.7. The van der Waals surface area contributed by atoms with E-state index in [-0.39, 0.29) is 12.1 Å². The van der Waals surface area contributed by atoms with Crippen LogP contribution in [0.2, 0.25) is 0 Å². The molecular formula is C36H32N2. The summed E-state index contributed by atoms with van der Waals surface area (Å²) in [4.78, 5) is 4.83. The van der Waals surface area contributed by atoms with Crippen molar-refractivity contribution in [2.24, 2.45) is 0 Å². The van der Waals surface area contributed by atoms with Gasteiger partial charge in [0.15, 0.2) is 0 Å². The maximum atomic E-state index is 2.43. The number of anilines is 2.